The van der Waals surface area contributed by atoms with Gasteiger partial charge in [0.05, 0.1) is 0 Å². The summed E-state index contributed by atoms with van der Waals surface area (Å²) in [5.74, 6) is 0.124. The van der Waals surface area contributed by atoms with Crippen LogP contribution >= 0.6 is 0 Å². The minimum absolute atomic E-state index is 0.0424. The summed E-state index contributed by atoms with van der Waals surface area (Å²) >= 11 is 0. The molecule has 1 atom stereocenters. The molecule has 0 unspecified atom stereocenters. The van der Waals surface area contributed by atoms with Gasteiger partial charge in [0.2, 0.25) is 5.91 Å². The number of benzene rings is 2. The van der Waals surface area contributed by atoms with Crippen molar-refractivity contribution in [3.8, 4) is 0 Å². The molecular weight excluding hydrogens is 296 g/mol. The maximum atomic E-state index is 12.4. The number of rotatable bonds is 9. The van der Waals surface area contributed by atoms with E-state index in [1.54, 1.807) is 0 Å². The van der Waals surface area contributed by atoms with E-state index in [9.17, 15) is 4.79 Å². The molecule has 0 bridgehead atoms. The number of nitrogens with one attached hydrogen (secondary N) is 1. The quantitative estimate of drug-likeness (QED) is 0.736. The second-order valence-corrected chi connectivity index (χ2v) is 6.28. The predicted molar refractivity (Wildman–Crippen MR) is 99.9 cm³/mol. The van der Waals surface area contributed by atoms with Crippen molar-refractivity contribution in [2.24, 2.45) is 5.73 Å². The molecule has 0 aromatic heterocycles. The van der Waals surface area contributed by atoms with Crippen molar-refractivity contribution in [3.05, 3.63) is 71.8 Å². The summed E-state index contributed by atoms with van der Waals surface area (Å²) in [5.41, 5.74) is 8.37. The highest BCUT2D eigenvalue weighted by atomic mass is 16.1. The van der Waals surface area contributed by atoms with Crippen LogP contribution in [-0.2, 0) is 4.79 Å². The lowest BCUT2D eigenvalue weighted by molar-refractivity contribution is -0.121. The van der Waals surface area contributed by atoms with E-state index in [1.807, 2.05) is 36.4 Å². The molecule has 128 valence electrons. The standard InChI is InChI=1S/C21H28N2O/c1-2-3-14-19(22)16-23-21(24)15-20(17-10-6-4-7-11-17)18-12-8-5-9-13-18/h4-13,19-20H,2-3,14-16,22H2,1H3,(H,23,24)/t19-/m0/s1. The molecule has 2 rings (SSSR count). The molecule has 0 fully saturated rings. The summed E-state index contributed by atoms with van der Waals surface area (Å²) in [6.45, 7) is 2.70. The van der Waals surface area contributed by atoms with Crippen LogP contribution in [0.1, 0.15) is 49.7 Å². The van der Waals surface area contributed by atoms with Gasteiger partial charge in [0.15, 0.2) is 0 Å². The average Bonchev–Trinajstić information content (AvgIpc) is 2.64. The Kier molecular flexibility index (Phi) is 7.50. The number of hydrogen-bond donors (Lipinski definition) is 2. The average molecular weight is 324 g/mol. The third-order valence-electron chi connectivity index (χ3n) is 4.28. The number of hydrogen-bond acceptors (Lipinski definition) is 2. The molecule has 2 aromatic rings. The Morgan fingerprint density at radius 2 is 1.54 bits per heavy atom. The first-order valence-corrected chi connectivity index (χ1v) is 8.83. The molecule has 24 heavy (non-hydrogen) atoms. The van der Waals surface area contributed by atoms with Crippen molar-refractivity contribution >= 4 is 5.91 Å². The van der Waals surface area contributed by atoms with Gasteiger partial charge < -0.3 is 11.1 Å². The first-order valence-electron chi connectivity index (χ1n) is 8.83. The van der Waals surface area contributed by atoms with Crippen molar-refractivity contribution in [2.75, 3.05) is 6.54 Å². The Hall–Kier alpha value is -2.13. The largest absolute Gasteiger partial charge is 0.355 e. The van der Waals surface area contributed by atoms with Crippen LogP contribution < -0.4 is 11.1 Å². The third-order valence-corrected chi connectivity index (χ3v) is 4.28. The zero-order valence-corrected chi connectivity index (χ0v) is 14.4. The molecule has 0 aliphatic heterocycles. The zero-order chi connectivity index (χ0) is 17.2. The molecular formula is C21H28N2O. The van der Waals surface area contributed by atoms with Crippen molar-refractivity contribution in [3.63, 3.8) is 0 Å². The molecule has 3 nitrogen and oxygen atoms in total. The predicted octanol–water partition coefficient (Wildman–Crippen LogP) is 3.84. The van der Waals surface area contributed by atoms with E-state index in [-0.39, 0.29) is 17.9 Å². The van der Waals surface area contributed by atoms with Crippen LogP contribution in [0.4, 0.5) is 0 Å². The van der Waals surface area contributed by atoms with Crippen LogP contribution in [0.15, 0.2) is 60.7 Å². The van der Waals surface area contributed by atoms with Gasteiger partial charge in [-0.25, -0.2) is 0 Å². The normalized spacial score (nSPS) is 12.1. The molecule has 0 saturated heterocycles. The lowest BCUT2D eigenvalue weighted by atomic mass is 9.88. The Bertz CT molecular complexity index is 558. The fourth-order valence-electron chi connectivity index (χ4n) is 2.87. The molecule has 0 spiro atoms. The molecule has 3 N–H and O–H groups in total. The highest BCUT2D eigenvalue weighted by Gasteiger charge is 2.18. The van der Waals surface area contributed by atoms with E-state index in [1.165, 1.54) is 0 Å². The highest BCUT2D eigenvalue weighted by molar-refractivity contribution is 5.77. The van der Waals surface area contributed by atoms with Crippen LogP contribution in [0.2, 0.25) is 0 Å². The maximum absolute atomic E-state index is 12.4. The van der Waals surface area contributed by atoms with Gasteiger partial charge in [-0.15, -0.1) is 0 Å². The van der Waals surface area contributed by atoms with Crippen LogP contribution in [0.25, 0.3) is 0 Å². The van der Waals surface area contributed by atoms with Crippen molar-refractivity contribution in [1.29, 1.82) is 0 Å². The minimum atomic E-state index is 0.0424. The fraction of sp³-hybridized carbons (Fsp3) is 0.381. The Morgan fingerprint density at radius 3 is 2.04 bits per heavy atom. The molecule has 0 radical (unpaired) electrons. The highest BCUT2D eigenvalue weighted by Crippen LogP contribution is 2.27. The Balaban J connectivity index is 2.00. The Labute approximate surface area is 145 Å². The molecule has 3 heteroatoms. The topological polar surface area (TPSA) is 55.1 Å². The fourth-order valence-corrected chi connectivity index (χ4v) is 2.87. The summed E-state index contributed by atoms with van der Waals surface area (Å²) in [6, 6.07) is 20.4. The van der Waals surface area contributed by atoms with Gasteiger partial charge in [-0.3, -0.25) is 4.79 Å². The van der Waals surface area contributed by atoms with E-state index in [0.717, 1.165) is 30.4 Å². The molecule has 0 saturated carbocycles. The van der Waals surface area contributed by atoms with Crippen LogP contribution in [0.3, 0.4) is 0 Å². The second-order valence-electron chi connectivity index (χ2n) is 6.28. The summed E-state index contributed by atoms with van der Waals surface area (Å²) < 4.78 is 0. The first kappa shape index (κ1) is 18.2. The number of amides is 1. The zero-order valence-electron chi connectivity index (χ0n) is 14.4. The van der Waals surface area contributed by atoms with Gasteiger partial charge in [-0.2, -0.15) is 0 Å². The monoisotopic (exact) mass is 324 g/mol. The van der Waals surface area contributed by atoms with E-state index in [2.05, 4.69) is 36.5 Å². The van der Waals surface area contributed by atoms with Crippen LogP contribution in [0.5, 0.6) is 0 Å². The van der Waals surface area contributed by atoms with E-state index < -0.39 is 0 Å². The smallest absolute Gasteiger partial charge is 0.221 e. The number of unbranched alkanes of at least 4 members (excludes halogenated alkanes) is 1. The van der Waals surface area contributed by atoms with Gasteiger partial charge in [-0.05, 0) is 17.5 Å². The summed E-state index contributed by atoms with van der Waals surface area (Å²) in [4.78, 5) is 12.4. The summed E-state index contributed by atoms with van der Waals surface area (Å²) in [5, 5.41) is 3.00. The molecule has 1 amide bonds. The van der Waals surface area contributed by atoms with Crippen LogP contribution in [-0.4, -0.2) is 18.5 Å². The van der Waals surface area contributed by atoms with E-state index >= 15 is 0 Å². The SMILES string of the molecule is CCCC[C@H](N)CNC(=O)CC(c1ccccc1)c1ccccc1. The van der Waals surface area contributed by atoms with Gasteiger partial charge in [0.25, 0.3) is 0 Å². The van der Waals surface area contributed by atoms with E-state index in [0.29, 0.717) is 13.0 Å². The third kappa shape index (κ3) is 5.82. The lowest BCUT2D eigenvalue weighted by Crippen LogP contribution is -2.37. The molecule has 2 aromatic carbocycles. The Morgan fingerprint density at radius 1 is 1.00 bits per heavy atom. The summed E-state index contributed by atoms with van der Waals surface area (Å²) in [7, 11) is 0. The van der Waals surface area contributed by atoms with Crippen molar-refractivity contribution in [1.82, 2.24) is 5.32 Å². The number of nitrogens with two attached hydrogens (primary N) is 1. The number of carbonyl (C=O) groups excluding carboxylic acids is 1. The second kappa shape index (κ2) is 9.89. The van der Waals surface area contributed by atoms with Gasteiger partial charge >= 0.3 is 0 Å². The van der Waals surface area contributed by atoms with Crippen LogP contribution in [0, 0.1) is 0 Å². The summed E-state index contributed by atoms with van der Waals surface area (Å²) in [6.07, 6.45) is 3.63. The van der Waals surface area contributed by atoms with Gasteiger partial charge in [0, 0.05) is 24.9 Å². The number of carbonyl (C=O) groups is 1. The minimum Gasteiger partial charge on any atom is -0.355 e. The molecule has 0 heterocycles. The van der Waals surface area contributed by atoms with E-state index in [4.69, 9.17) is 5.73 Å². The van der Waals surface area contributed by atoms with Crippen molar-refractivity contribution < 1.29 is 4.79 Å². The van der Waals surface area contributed by atoms with Crippen molar-refractivity contribution in [2.45, 2.75) is 44.6 Å². The first-order chi connectivity index (χ1) is 11.7. The van der Waals surface area contributed by atoms with Gasteiger partial charge in [-0.1, -0.05) is 80.4 Å². The maximum Gasteiger partial charge on any atom is 0.221 e. The van der Waals surface area contributed by atoms with Gasteiger partial charge in [0.1, 0.15) is 0 Å². The molecule has 0 aliphatic carbocycles. The lowest BCUT2D eigenvalue weighted by Gasteiger charge is -2.19. The molecule has 0 aliphatic rings.